The van der Waals surface area contributed by atoms with Gasteiger partial charge in [-0.05, 0) is 42.7 Å². The standard InChI is InChI=1S/C24H26N4O4S/c1-17-6-8-21-23(18(17)2)25-24(33-21)27(11-10-26-12-14-32-15-13-26)22(29)9-7-19-4-3-5-20(16-19)28(30)31/h3-9,16H,10-15H2,1-2H3/b9-7+. The number of nitrogens with zero attached hydrogens (tertiary/aromatic N) is 4. The number of nitro groups is 1. The fraction of sp³-hybridized carbons (Fsp3) is 0.333. The zero-order valence-corrected chi connectivity index (χ0v) is 19.5. The highest BCUT2D eigenvalue weighted by Gasteiger charge is 2.21. The number of morpholine rings is 1. The van der Waals surface area contributed by atoms with Gasteiger partial charge in [-0.1, -0.05) is 29.5 Å². The lowest BCUT2D eigenvalue weighted by atomic mass is 10.1. The van der Waals surface area contributed by atoms with E-state index in [2.05, 4.69) is 17.9 Å². The van der Waals surface area contributed by atoms with Crippen LogP contribution in [0.4, 0.5) is 10.8 Å². The number of aromatic nitrogens is 1. The van der Waals surface area contributed by atoms with Crippen LogP contribution in [0.2, 0.25) is 0 Å². The fourth-order valence-corrected chi connectivity index (χ4v) is 4.75. The predicted molar refractivity (Wildman–Crippen MR) is 131 cm³/mol. The summed E-state index contributed by atoms with van der Waals surface area (Å²) in [7, 11) is 0. The molecule has 0 saturated carbocycles. The Morgan fingerprint density at radius 3 is 2.82 bits per heavy atom. The quantitative estimate of drug-likeness (QED) is 0.295. The molecule has 1 aliphatic rings. The van der Waals surface area contributed by atoms with Crippen molar-refractivity contribution in [3.8, 4) is 0 Å². The molecule has 0 N–H and O–H groups in total. The Hall–Kier alpha value is -3.14. The molecule has 0 aliphatic carbocycles. The van der Waals surface area contributed by atoms with E-state index in [0.717, 1.165) is 34.4 Å². The summed E-state index contributed by atoms with van der Waals surface area (Å²) in [4.78, 5) is 32.6. The highest BCUT2D eigenvalue weighted by molar-refractivity contribution is 7.22. The summed E-state index contributed by atoms with van der Waals surface area (Å²) >= 11 is 1.50. The van der Waals surface area contributed by atoms with Crippen LogP contribution in [-0.2, 0) is 9.53 Å². The maximum Gasteiger partial charge on any atom is 0.270 e. The predicted octanol–water partition coefficient (Wildman–Crippen LogP) is 4.20. The van der Waals surface area contributed by atoms with E-state index in [1.54, 1.807) is 23.1 Å². The third kappa shape index (κ3) is 5.44. The number of rotatable bonds is 7. The van der Waals surface area contributed by atoms with E-state index >= 15 is 0 Å². The Bertz CT molecular complexity index is 1200. The number of aryl methyl sites for hydroxylation is 2. The largest absolute Gasteiger partial charge is 0.379 e. The van der Waals surface area contributed by atoms with Crippen molar-refractivity contribution >= 4 is 44.4 Å². The lowest BCUT2D eigenvalue weighted by molar-refractivity contribution is -0.384. The molecule has 2 heterocycles. The van der Waals surface area contributed by atoms with Crippen LogP contribution < -0.4 is 4.90 Å². The first-order valence-corrected chi connectivity index (χ1v) is 11.6. The van der Waals surface area contributed by atoms with Gasteiger partial charge in [-0.2, -0.15) is 0 Å². The minimum absolute atomic E-state index is 0.00853. The Balaban J connectivity index is 1.60. The van der Waals surface area contributed by atoms with Crippen LogP contribution in [0.15, 0.2) is 42.5 Å². The van der Waals surface area contributed by atoms with E-state index in [1.807, 2.05) is 13.0 Å². The Kier molecular flexibility index (Phi) is 7.12. The topological polar surface area (TPSA) is 88.8 Å². The van der Waals surface area contributed by atoms with Gasteiger partial charge in [0.2, 0.25) is 0 Å². The van der Waals surface area contributed by atoms with Crippen LogP contribution in [0.1, 0.15) is 16.7 Å². The summed E-state index contributed by atoms with van der Waals surface area (Å²) in [5, 5.41) is 11.7. The van der Waals surface area contributed by atoms with Gasteiger partial charge in [-0.25, -0.2) is 4.98 Å². The molecule has 33 heavy (non-hydrogen) atoms. The lowest BCUT2D eigenvalue weighted by Crippen LogP contribution is -2.42. The first-order chi connectivity index (χ1) is 15.9. The normalized spacial score (nSPS) is 14.7. The lowest BCUT2D eigenvalue weighted by Gasteiger charge is -2.28. The van der Waals surface area contributed by atoms with Crippen LogP contribution in [0, 0.1) is 24.0 Å². The Labute approximate surface area is 196 Å². The number of non-ortho nitro benzene ring substituents is 1. The Morgan fingerprint density at radius 1 is 1.27 bits per heavy atom. The van der Waals surface area contributed by atoms with E-state index < -0.39 is 4.92 Å². The second-order valence-corrected chi connectivity index (χ2v) is 8.99. The van der Waals surface area contributed by atoms with Crippen molar-refractivity contribution in [2.75, 3.05) is 44.3 Å². The summed E-state index contributed by atoms with van der Waals surface area (Å²) in [5.41, 5.74) is 3.79. The van der Waals surface area contributed by atoms with Crippen molar-refractivity contribution in [2.45, 2.75) is 13.8 Å². The second kappa shape index (κ2) is 10.2. The van der Waals surface area contributed by atoms with Gasteiger partial charge in [0.15, 0.2) is 5.13 Å². The van der Waals surface area contributed by atoms with Crippen molar-refractivity contribution < 1.29 is 14.5 Å². The minimum atomic E-state index is -0.445. The molecule has 8 nitrogen and oxygen atoms in total. The molecule has 3 aromatic rings. The van der Waals surface area contributed by atoms with Crippen molar-refractivity contribution in [1.29, 1.82) is 0 Å². The molecule has 0 bridgehead atoms. The van der Waals surface area contributed by atoms with Gasteiger partial charge < -0.3 is 4.74 Å². The number of thiazole rings is 1. The molecule has 9 heteroatoms. The van der Waals surface area contributed by atoms with Gasteiger partial charge in [0.05, 0.1) is 28.4 Å². The number of fused-ring (bicyclic) bond motifs is 1. The molecule has 0 radical (unpaired) electrons. The molecule has 172 valence electrons. The molecule has 1 amide bonds. The van der Waals surface area contributed by atoms with E-state index in [1.165, 1.54) is 29.5 Å². The van der Waals surface area contributed by atoms with E-state index in [4.69, 9.17) is 9.72 Å². The van der Waals surface area contributed by atoms with Gasteiger partial charge in [0, 0.05) is 44.4 Å². The number of carbonyl (C=O) groups is 1. The first kappa shape index (κ1) is 23.0. The van der Waals surface area contributed by atoms with Crippen LogP contribution in [-0.4, -0.2) is 60.1 Å². The number of hydrogen-bond donors (Lipinski definition) is 0. The smallest absolute Gasteiger partial charge is 0.270 e. The third-order valence-electron chi connectivity index (χ3n) is 5.81. The van der Waals surface area contributed by atoms with Crippen molar-refractivity contribution in [3.63, 3.8) is 0 Å². The van der Waals surface area contributed by atoms with Crippen molar-refractivity contribution in [2.24, 2.45) is 0 Å². The summed E-state index contributed by atoms with van der Waals surface area (Å²) < 4.78 is 6.47. The van der Waals surface area contributed by atoms with E-state index in [0.29, 0.717) is 37.0 Å². The number of nitro benzene ring substituents is 1. The number of carbonyl (C=O) groups excluding carboxylic acids is 1. The van der Waals surface area contributed by atoms with Crippen molar-refractivity contribution in [3.05, 3.63) is 69.3 Å². The second-order valence-electron chi connectivity index (χ2n) is 7.98. The summed E-state index contributed by atoms with van der Waals surface area (Å²) in [5.74, 6) is -0.205. The molecule has 1 saturated heterocycles. The number of amides is 1. The average molecular weight is 467 g/mol. The highest BCUT2D eigenvalue weighted by atomic mass is 32.1. The maximum atomic E-state index is 13.3. The first-order valence-electron chi connectivity index (χ1n) is 10.8. The van der Waals surface area contributed by atoms with Gasteiger partial charge in [0.25, 0.3) is 11.6 Å². The Morgan fingerprint density at radius 2 is 2.06 bits per heavy atom. The fourth-order valence-electron chi connectivity index (χ4n) is 3.70. The summed E-state index contributed by atoms with van der Waals surface area (Å²) in [6.45, 7) is 8.37. The van der Waals surface area contributed by atoms with Crippen LogP contribution in [0.25, 0.3) is 16.3 Å². The molecule has 1 fully saturated rings. The number of anilines is 1. The molecule has 0 spiro atoms. The van der Waals surface area contributed by atoms with Gasteiger partial charge in [0.1, 0.15) is 0 Å². The summed E-state index contributed by atoms with van der Waals surface area (Å²) in [6.07, 6.45) is 3.07. The molecule has 1 aliphatic heterocycles. The number of benzene rings is 2. The van der Waals surface area contributed by atoms with Crippen LogP contribution in [0.3, 0.4) is 0 Å². The van der Waals surface area contributed by atoms with Gasteiger partial charge in [-0.3, -0.25) is 24.7 Å². The van der Waals surface area contributed by atoms with Crippen molar-refractivity contribution in [1.82, 2.24) is 9.88 Å². The van der Waals surface area contributed by atoms with Gasteiger partial charge in [-0.15, -0.1) is 0 Å². The molecule has 2 aromatic carbocycles. The minimum Gasteiger partial charge on any atom is -0.379 e. The highest BCUT2D eigenvalue weighted by Crippen LogP contribution is 2.32. The number of hydrogen-bond acceptors (Lipinski definition) is 7. The maximum absolute atomic E-state index is 13.3. The molecular weight excluding hydrogens is 440 g/mol. The monoisotopic (exact) mass is 466 g/mol. The molecule has 1 aromatic heterocycles. The average Bonchev–Trinajstić information content (AvgIpc) is 3.26. The SMILES string of the molecule is Cc1ccc2sc(N(CCN3CCOCC3)C(=O)/C=C/c3cccc([N+](=O)[O-])c3)nc2c1C. The van der Waals surface area contributed by atoms with Crippen LogP contribution >= 0.6 is 11.3 Å². The molecule has 0 atom stereocenters. The third-order valence-corrected chi connectivity index (χ3v) is 6.86. The number of ether oxygens (including phenoxy) is 1. The molecular formula is C24H26N4O4S. The zero-order valence-electron chi connectivity index (χ0n) is 18.7. The van der Waals surface area contributed by atoms with Crippen LogP contribution in [0.5, 0.6) is 0 Å². The summed E-state index contributed by atoms with van der Waals surface area (Å²) in [6, 6.07) is 10.3. The zero-order chi connectivity index (χ0) is 23.4. The van der Waals surface area contributed by atoms with E-state index in [9.17, 15) is 14.9 Å². The molecule has 4 rings (SSSR count). The van der Waals surface area contributed by atoms with E-state index in [-0.39, 0.29) is 11.6 Å². The molecule has 0 unspecified atom stereocenters. The van der Waals surface area contributed by atoms with Gasteiger partial charge >= 0.3 is 0 Å².